The molecule has 1 atom stereocenters. The molecule has 2 aromatic carbocycles. The number of hydrogen-bond acceptors (Lipinski definition) is 3. The molecular formula is C17H18ClNO3. The highest BCUT2D eigenvalue weighted by molar-refractivity contribution is 6.30. The van der Waals surface area contributed by atoms with Crippen molar-refractivity contribution in [1.29, 1.82) is 0 Å². The molecule has 2 aromatic rings. The zero-order chi connectivity index (χ0) is 16.1. The lowest BCUT2D eigenvalue weighted by atomic mass is 10.1. The molecule has 0 aliphatic carbocycles. The molecule has 1 N–H and O–H groups in total. The lowest BCUT2D eigenvalue weighted by molar-refractivity contribution is 0.0939. The molecule has 2 rings (SSSR count). The summed E-state index contributed by atoms with van der Waals surface area (Å²) < 4.78 is 10.6. The average Bonchev–Trinajstić information content (AvgIpc) is 2.54. The van der Waals surface area contributed by atoms with Crippen molar-refractivity contribution in [2.45, 2.75) is 13.0 Å². The van der Waals surface area contributed by atoms with Crippen molar-refractivity contribution in [3.63, 3.8) is 0 Å². The Labute approximate surface area is 135 Å². The van der Waals surface area contributed by atoms with Crippen LogP contribution in [-0.2, 0) is 0 Å². The molecule has 0 aromatic heterocycles. The molecule has 1 amide bonds. The second kappa shape index (κ2) is 7.18. The second-order valence-corrected chi connectivity index (χ2v) is 5.25. The molecular weight excluding hydrogens is 302 g/mol. The lowest BCUT2D eigenvalue weighted by Gasteiger charge is -2.18. The Morgan fingerprint density at radius 3 is 2.36 bits per heavy atom. The predicted molar refractivity (Wildman–Crippen MR) is 86.9 cm³/mol. The Morgan fingerprint density at radius 1 is 1.09 bits per heavy atom. The van der Waals surface area contributed by atoms with E-state index < -0.39 is 0 Å². The smallest absolute Gasteiger partial charge is 0.251 e. The number of carbonyl (C=O) groups is 1. The summed E-state index contributed by atoms with van der Waals surface area (Å²) in [5, 5.41) is 3.54. The van der Waals surface area contributed by atoms with Crippen molar-refractivity contribution in [1.82, 2.24) is 5.32 Å². The number of ether oxygens (including phenoxy) is 2. The fourth-order valence-corrected chi connectivity index (χ4v) is 2.26. The van der Waals surface area contributed by atoms with Gasteiger partial charge in [0.1, 0.15) is 11.5 Å². The van der Waals surface area contributed by atoms with E-state index in [9.17, 15) is 4.79 Å². The van der Waals surface area contributed by atoms with Gasteiger partial charge in [0.2, 0.25) is 0 Å². The molecule has 0 fully saturated rings. The minimum atomic E-state index is -0.228. The third kappa shape index (κ3) is 3.71. The Balaban J connectivity index is 2.19. The monoisotopic (exact) mass is 319 g/mol. The summed E-state index contributed by atoms with van der Waals surface area (Å²) in [6.07, 6.45) is 0. The number of carbonyl (C=O) groups excluding carboxylic acids is 1. The summed E-state index contributed by atoms with van der Waals surface area (Å²) in [5.41, 5.74) is 1.40. The van der Waals surface area contributed by atoms with Gasteiger partial charge in [-0.15, -0.1) is 0 Å². The van der Waals surface area contributed by atoms with Crippen molar-refractivity contribution in [3.8, 4) is 11.5 Å². The van der Waals surface area contributed by atoms with E-state index in [4.69, 9.17) is 21.1 Å². The average molecular weight is 320 g/mol. The number of hydrogen-bond donors (Lipinski definition) is 1. The first-order valence-electron chi connectivity index (χ1n) is 6.83. The Bertz CT molecular complexity index is 655. The topological polar surface area (TPSA) is 47.6 Å². The van der Waals surface area contributed by atoms with Crippen LogP contribution in [0.1, 0.15) is 28.9 Å². The highest BCUT2D eigenvalue weighted by Crippen LogP contribution is 2.29. The van der Waals surface area contributed by atoms with Crippen molar-refractivity contribution in [2.24, 2.45) is 0 Å². The molecule has 0 spiro atoms. The number of rotatable bonds is 5. The van der Waals surface area contributed by atoms with E-state index >= 15 is 0 Å². The van der Waals surface area contributed by atoms with Crippen molar-refractivity contribution >= 4 is 17.5 Å². The van der Waals surface area contributed by atoms with E-state index in [1.807, 2.05) is 25.1 Å². The molecule has 0 saturated heterocycles. The molecule has 0 aliphatic heterocycles. The summed E-state index contributed by atoms with van der Waals surface area (Å²) >= 11 is 5.83. The van der Waals surface area contributed by atoms with Gasteiger partial charge in [-0.3, -0.25) is 4.79 Å². The first-order chi connectivity index (χ1) is 10.5. The second-order valence-electron chi connectivity index (χ2n) is 4.81. The van der Waals surface area contributed by atoms with Crippen LogP contribution in [0.2, 0.25) is 5.02 Å². The van der Waals surface area contributed by atoms with Crippen LogP contribution in [0.4, 0.5) is 0 Å². The molecule has 22 heavy (non-hydrogen) atoms. The normalized spacial score (nSPS) is 11.6. The van der Waals surface area contributed by atoms with Gasteiger partial charge in [-0.2, -0.15) is 0 Å². The van der Waals surface area contributed by atoms with E-state index in [2.05, 4.69) is 5.32 Å². The van der Waals surface area contributed by atoms with Crippen LogP contribution >= 0.6 is 11.6 Å². The van der Waals surface area contributed by atoms with E-state index in [-0.39, 0.29) is 11.9 Å². The van der Waals surface area contributed by atoms with Crippen LogP contribution in [0.5, 0.6) is 11.5 Å². The van der Waals surface area contributed by atoms with Gasteiger partial charge in [0, 0.05) is 16.1 Å². The summed E-state index contributed by atoms with van der Waals surface area (Å²) in [6.45, 7) is 1.89. The minimum absolute atomic E-state index is 0.172. The largest absolute Gasteiger partial charge is 0.497 e. The molecule has 0 heterocycles. The van der Waals surface area contributed by atoms with Gasteiger partial charge in [-0.1, -0.05) is 11.6 Å². The number of methoxy groups -OCH3 is 2. The summed E-state index contributed by atoms with van der Waals surface area (Å²) in [7, 11) is 3.20. The highest BCUT2D eigenvalue weighted by atomic mass is 35.5. The van der Waals surface area contributed by atoms with Gasteiger partial charge < -0.3 is 14.8 Å². The summed E-state index contributed by atoms with van der Waals surface area (Å²) in [4.78, 5) is 12.3. The number of nitrogens with one attached hydrogen (secondary N) is 1. The first kappa shape index (κ1) is 16.2. The zero-order valence-corrected chi connectivity index (χ0v) is 13.5. The summed E-state index contributed by atoms with van der Waals surface area (Å²) in [5.74, 6) is 1.24. The predicted octanol–water partition coefficient (Wildman–Crippen LogP) is 3.85. The molecule has 0 radical (unpaired) electrons. The maximum Gasteiger partial charge on any atom is 0.251 e. The maximum absolute atomic E-state index is 12.3. The van der Waals surface area contributed by atoms with Gasteiger partial charge in [0.05, 0.1) is 20.3 Å². The Kier molecular flexibility index (Phi) is 5.28. The van der Waals surface area contributed by atoms with Crippen LogP contribution in [0.25, 0.3) is 0 Å². The molecule has 116 valence electrons. The van der Waals surface area contributed by atoms with Crippen LogP contribution in [0.15, 0.2) is 42.5 Å². The van der Waals surface area contributed by atoms with Crippen LogP contribution in [0.3, 0.4) is 0 Å². The Morgan fingerprint density at radius 2 is 1.77 bits per heavy atom. The molecule has 4 nitrogen and oxygen atoms in total. The summed E-state index contributed by atoms with van der Waals surface area (Å²) in [6, 6.07) is 12.0. The van der Waals surface area contributed by atoms with Crippen molar-refractivity contribution < 1.29 is 14.3 Å². The fraction of sp³-hybridized carbons (Fsp3) is 0.235. The molecule has 0 bridgehead atoms. The van der Waals surface area contributed by atoms with Crippen LogP contribution in [-0.4, -0.2) is 20.1 Å². The fourth-order valence-electron chi connectivity index (χ4n) is 2.14. The van der Waals surface area contributed by atoms with Gasteiger partial charge >= 0.3 is 0 Å². The zero-order valence-electron chi connectivity index (χ0n) is 12.7. The third-order valence-electron chi connectivity index (χ3n) is 3.36. The molecule has 5 heteroatoms. The number of halogens is 1. The molecule has 1 unspecified atom stereocenters. The van der Waals surface area contributed by atoms with E-state index in [1.54, 1.807) is 38.5 Å². The number of amides is 1. The number of benzene rings is 2. The lowest BCUT2D eigenvalue weighted by Crippen LogP contribution is -2.26. The van der Waals surface area contributed by atoms with Gasteiger partial charge in [0.15, 0.2) is 0 Å². The standard InChI is InChI=1S/C17H18ClNO3/c1-11(15-10-14(21-2)8-9-16(15)22-3)19-17(20)12-4-6-13(18)7-5-12/h4-11H,1-3H3,(H,19,20). The van der Waals surface area contributed by atoms with E-state index in [0.717, 1.165) is 5.56 Å². The van der Waals surface area contributed by atoms with Gasteiger partial charge in [-0.05, 0) is 49.4 Å². The SMILES string of the molecule is COc1ccc(OC)c(C(C)NC(=O)c2ccc(Cl)cc2)c1. The van der Waals surface area contributed by atoms with Crippen LogP contribution in [0, 0.1) is 0 Å². The van der Waals surface area contributed by atoms with Gasteiger partial charge in [-0.25, -0.2) is 0 Å². The van der Waals surface area contributed by atoms with Gasteiger partial charge in [0.25, 0.3) is 5.91 Å². The minimum Gasteiger partial charge on any atom is -0.497 e. The van der Waals surface area contributed by atoms with E-state index in [0.29, 0.717) is 22.1 Å². The van der Waals surface area contributed by atoms with Crippen molar-refractivity contribution in [3.05, 3.63) is 58.6 Å². The highest BCUT2D eigenvalue weighted by Gasteiger charge is 2.16. The van der Waals surface area contributed by atoms with Crippen LogP contribution < -0.4 is 14.8 Å². The molecule has 0 saturated carbocycles. The maximum atomic E-state index is 12.3. The quantitative estimate of drug-likeness (QED) is 0.910. The Hall–Kier alpha value is -2.20. The van der Waals surface area contributed by atoms with E-state index in [1.165, 1.54) is 0 Å². The third-order valence-corrected chi connectivity index (χ3v) is 3.61. The molecule has 0 aliphatic rings. The first-order valence-corrected chi connectivity index (χ1v) is 7.21. The van der Waals surface area contributed by atoms with Crippen molar-refractivity contribution in [2.75, 3.05) is 14.2 Å².